The second-order valence-electron chi connectivity index (χ2n) is 9.26. The first-order chi connectivity index (χ1) is 11.3. The maximum absolute atomic E-state index is 12.9. The number of rotatable bonds is 3. The van der Waals surface area contributed by atoms with Gasteiger partial charge >= 0.3 is 6.09 Å². The van der Waals surface area contributed by atoms with Gasteiger partial charge in [0.1, 0.15) is 5.60 Å². The lowest BCUT2D eigenvalue weighted by Crippen LogP contribution is -2.34. The number of ether oxygens (including phenoxy) is 1. The zero-order valence-corrected chi connectivity index (χ0v) is 18.2. The highest BCUT2D eigenvalue weighted by Gasteiger charge is 2.32. The molecule has 0 spiro atoms. The van der Waals surface area contributed by atoms with Gasteiger partial charge in [0.2, 0.25) is 0 Å². The van der Waals surface area contributed by atoms with Gasteiger partial charge in [0.05, 0.1) is 16.8 Å². The van der Waals surface area contributed by atoms with Crippen molar-refractivity contribution < 1.29 is 14.0 Å². The number of fused-ring (bicyclic) bond motifs is 1. The Bertz CT molecular complexity index is 763. The van der Waals surface area contributed by atoms with E-state index >= 15 is 0 Å². The van der Waals surface area contributed by atoms with E-state index in [2.05, 4.69) is 20.8 Å². The van der Waals surface area contributed by atoms with E-state index in [1.54, 1.807) is 4.57 Å². The number of para-hydroxylation sites is 1. The molecule has 0 aliphatic heterocycles. The van der Waals surface area contributed by atoms with E-state index in [-0.39, 0.29) is 11.1 Å². The summed E-state index contributed by atoms with van der Waals surface area (Å²) < 4.78 is 13.7. The molecule has 0 atom stereocenters. The van der Waals surface area contributed by atoms with Crippen LogP contribution in [0.25, 0.3) is 10.9 Å². The Kier molecular flexibility index (Phi) is 5.22. The van der Waals surface area contributed by atoms with E-state index in [9.17, 15) is 4.79 Å². The molecule has 138 valence electrons. The SMILES string of the molecule is CC(C)(C)OC(=O)n1c(C(C)(C)O[SiH2]C(C)(C)C)cc2ccccc21. The predicted molar refractivity (Wildman–Crippen MR) is 106 cm³/mol. The standard InChI is InChI=1S/C20H31NO3Si/c1-18(2,3)23-17(22)21-15-12-10-9-11-14(15)13-16(21)20(7,8)24-25-19(4,5)6/h9-13H,25H2,1-8H3. The number of aromatic nitrogens is 1. The number of hydrogen-bond donors (Lipinski definition) is 0. The van der Waals surface area contributed by atoms with E-state index in [0.29, 0.717) is 0 Å². The number of carbonyl (C=O) groups is 1. The third-order valence-electron chi connectivity index (χ3n) is 3.77. The molecule has 0 fully saturated rings. The Morgan fingerprint density at radius 2 is 1.60 bits per heavy atom. The van der Waals surface area contributed by atoms with Crippen molar-refractivity contribution in [3.05, 3.63) is 36.0 Å². The lowest BCUT2D eigenvalue weighted by molar-refractivity contribution is 0.0487. The zero-order valence-electron chi connectivity index (χ0n) is 16.8. The first kappa shape index (κ1) is 19.7. The summed E-state index contributed by atoms with van der Waals surface area (Å²) in [5.74, 6) is 0. The summed E-state index contributed by atoms with van der Waals surface area (Å²) in [6, 6.07) is 9.90. The molecular weight excluding hydrogens is 330 g/mol. The lowest BCUT2D eigenvalue weighted by Gasteiger charge is -2.31. The van der Waals surface area contributed by atoms with Gasteiger partial charge < -0.3 is 9.16 Å². The summed E-state index contributed by atoms with van der Waals surface area (Å²) >= 11 is 0. The van der Waals surface area contributed by atoms with Gasteiger partial charge in [0, 0.05) is 5.39 Å². The van der Waals surface area contributed by atoms with Crippen LogP contribution in [0.4, 0.5) is 4.79 Å². The molecule has 0 unspecified atom stereocenters. The Balaban J connectivity index is 2.52. The van der Waals surface area contributed by atoms with E-state index in [1.165, 1.54) is 0 Å². The fourth-order valence-corrected chi connectivity index (χ4v) is 3.51. The fraction of sp³-hybridized carbons (Fsp3) is 0.550. The van der Waals surface area contributed by atoms with Crippen LogP contribution in [-0.2, 0) is 14.8 Å². The van der Waals surface area contributed by atoms with Gasteiger partial charge in [0.15, 0.2) is 9.76 Å². The third kappa shape index (κ3) is 4.95. The number of nitrogens with zero attached hydrogens (tertiary/aromatic N) is 1. The average molecular weight is 362 g/mol. The summed E-state index contributed by atoms with van der Waals surface area (Å²) in [7, 11) is -0.774. The molecule has 0 N–H and O–H groups in total. The van der Waals surface area contributed by atoms with Gasteiger partial charge in [-0.1, -0.05) is 39.0 Å². The molecule has 1 heterocycles. The Labute approximate surface area is 153 Å². The van der Waals surface area contributed by atoms with Crippen molar-refractivity contribution in [3.63, 3.8) is 0 Å². The maximum atomic E-state index is 12.9. The molecule has 4 nitrogen and oxygen atoms in total. The minimum Gasteiger partial charge on any atom is -0.443 e. The van der Waals surface area contributed by atoms with Crippen molar-refractivity contribution in [2.75, 3.05) is 0 Å². The molecule has 0 radical (unpaired) electrons. The largest absolute Gasteiger partial charge is 0.443 e. The quantitative estimate of drug-likeness (QED) is 0.724. The summed E-state index contributed by atoms with van der Waals surface area (Å²) in [5.41, 5.74) is 0.570. The number of benzene rings is 1. The molecule has 0 amide bonds. The highest BCUT2D eigenvalue weighted by atomic mass is 28.2. The minimum absolute atomic E-state index is 0.181. The van der Waals surface area contributed by atoms with Gasteiger partial charge in [-0.15, -0.1) is 0 Å². The Morgan fingerprint density at radius 3 is 2.16 bits per heavy atom. The smallest absolute Gasteiger partial charge is 0.419 e. The van der Waals surface area contributed by atoms with Crippen LogP contribution in [0.3, 0.4) is 0 Å². The van der Waals surface area contributed by atoms with Gasteiger partial charge in [-0.25, -0.2) is 9.36 Å². The van der Waals surface area contributed by atoms with Crippen molar-refractivity contribution >= 4 is 26.8 Å². The molecule has 1 aromatic heterocycles. The first-order valence-electron chi connectivity index (χ1n) is 8.78. The highest BCUT2D eigenvalue weighted by molar-refractivity contribution is 6.31. The molecule has 1 aromatic carbocycles. The molecule has 2 rings (SSSR count). The number of carbonyl (C=O) groups excluding carboxylic acids is 1. The highest BCUT2D eigenvalue weighted by Crippen LogP contribution is 2.33. The first-order valence-corrected chi connectivity index (χ1v) is 10.1. The summed E-state index contributed by atoms with van der Waals surface area (Å²) in [6.45, 7) is 16.3. The van der Waals surface area contributed by atoms with Crippen molar-refractivity contribution in [1.82, 2.24) is 4.57 Å². The topological polar surface area (TPSA) is 40.5 Å². The molecule has 25 heavy (non-hydrogen) atoms. The molecular formula is C20H31NO3Si. The second-order valence-corrected chi connectivity index (χ2v) is 12.0. The van der Waals surface area contributed by atoms with Crippen LogP contribution in [0.15, 0.2) is 30.3 Å². The Hall–Kier alpha value is -1.59. The predicted octanol–water partition coefficient (Wildman–Crippen LogP) is 4.98. The van der Waals surface area contributed by atoms with Crippen molar-refractivity contribution in [1.29, 1.82) is 0 Å². The van der Waals surface area contributed by atoms with Crippen LogP contribution in [-0.4, -0.2) is 26.0 Å². The second kappa shape index (κ2) is 6.61. The summed E-state index contributed by atoms with van der Waals surface area (Å²) in [4.78, 5) is 12.9. The third-order valence-corrected chi connectivity index (χ3v) is 5.50. The zero-order chi connectivity index (χ0) is 19.0. The Morgan fingerprint density at radius 1 is 1.00 bits per heavy atom. The lowest BCUT2D eigenvalue weighted by atomic mass is 10.1. The maximum Gasteiger partial charge on any atom is 0.419 e. The van der Waals surface area contributed by atoms with Crippen molar-refractivity contribution in [2.45, 2.75) is 71.6 Å². The van der Waals surface area contributed by atoms with Crippen LogP contribution in [0, 0.1) is 0 Å². The van der Waals surface area contributed by atoms with Crippen LogP contribution in [0.2, 0.25) is 5.04 Å². The van der Waals surface area contributed by atoms with Crippen LogP contribution < -0.4 is 0 Å². The fourth-order valence-electron chi connectivity index (χ4n) is 2.57. The van der Waals surface area contributed by atoms with E-state index in [4.69, 9.17) is 9.16 Å². The molecule has 0 bridgehead atoms. The number of hydrogen-bond acceptors (Lipinski definition) is 3. The van der Waals surface area contributed by atoms with Crippen LogP contribution in [0.5, 0.6) is 0 Å². The molecule has 0 saturated carbocycles. The summed E-state index contributed by atoms with van der Waals surface area (Å²) in [5, 5.41) is 1.19. The van der Waals surface area contributed by atoms with Crippen molar-refractivity contribution in [3.8, 4) is 0 Å². The van der Waals surface area contributed by atoms with Crippen molar-refractivity contribution in [2.24, 2.45) is 0 Å². The van der Waals surface area contributed by atoms with E-state index in [0.717, 1.165) is 16.6 Å². The summed E-state index contributed by atoms with van der Waals surface area (Å²) in [6.07, 6.45) is -0.363. The van der Waals surface area contributed by atoms with Gasteiger partial charge in [0.25, 0.3) is 0 Å². The molecule has 0 aliphatic rings. The van der Waals surface area contributed by atoms with Crippen LogP contribution in [0.1, 0.15) is 61.1 Å². The van der Waals surface area contributed by atoms with Crippen LogP contribution >= 0.6 is 0 Å². The average Bonchev–Trinajstić information content (AvgIpc) is 2.83. The van der Waals surface area contributed by atoms with Gasteiger partial charge in [-0.2, -0.15) is 0 Å². The molecule has 0 saturated heterocycles. The molecule has 5 heteroatoms. The van der Waals surface area contributed by atoms with E-state index in [1.807, 2.05) is 65.0 Å². The van der Waals surface area contributed by atoms with Gasteiger partial charge in [-0.05, 0) is 51.8 Å². The normalized spacial score (nSPS) is 13.8. The molecule has 2 aromatic rings. The van der Waals surface area contributed by atoms with E-state index < -0.39 is 21.0 Å². The molecule has 0 aliphatic carbocycles. The minimum atomic E-state index is -0.774. The van der Waals surface area contributed by atoms with Gasteiger partial charge in [-0.3, -0.25) is 0 Å². The monoisotopic (exact) mass is 361 g/mol.